The van der Waals surface area contributed by atoms with Crippen molar-refractivity contribution in [1.29, 1.82) is 5.26 Å². The van der Waals surface area contributed by atoms with Gasteiger partial charge in [-0.15, -0.1) is 0 Å². The topological polar surface area (TPSA) is 64.2 Å². The van der Waals surface area contributed by atoms with E-state index in [-0.39, 0.29) is 0 Å². The summed E-state index contributed by atoms with van der Waals surface area (Å²) in [7, 11) is 0. The van der Waals surface area contributed by atoms with E-state index < -0.39 is 0 Å². The van der Waals surface area contributed by atoms with Crippen molar-refractivity contribution in [2.45, 2.75) is 0 Å². The highest BCUT2D eigenvalue weighted by Gasteiger charge is 1.94. The lowest BCUT2D eigenvalue weighted by molar-refractivity contribution is 0.481. The fraction of sp³-hybridized carbons (Fsp3) is 0. The van der Waals surface area contributed by atoms with Gasteiger partial charge in [0.2, 0.25) is 0 Å². The molecule has 0 saturated heterocycles. The molecule has 2 aromatic carbocycles. The molecule has 0 bridgehead atoms. The monoisotopic (exact) mass is 187 g/mol. The van der Waals surface area contributed by atoms with Crippen LogP contribution in [0.1, 0.15) is 0 Å². The zero-order chi connectivity index (χ0) is 10.4. The second kappa shape index (κ2) is 4.73. The number of aliphatic hydroxyl groups excluding tert-OH is 1. The van der Waals surface area contributed by atoms with Gasteiger partial charge in [-0.2, -0.15) is 5.26 Å². The third-order valence-electron chi connectivity index (χ3n) is 1.77. The molecule has 0 atom stereocenters. The van der Waals surface area contributed by atoms with E-state index in [4.69, 9.17) is 10.4 Å². The number of hydrogen-bond donors (Lipinski definition) is 2. The number of phenolic OH excluding ortho intramolecular Hbond substituents is 1. The lowest BCUT2D eigenvalue weighted by atomic mass is 10.1. The molecule has 2 rings (SSSR count). The molecule has 0 aliphatic carbocycles. The highest BCUT2D eigenvalue weighted by atomic mass is 16.3. The highest BCUT2D eigenvalue weighted by Crippen LogP contribution is 2.22. The Morgan fingerprint density at radius 3 is 2.21 bits per heavy atom. The SMILES string of the molecule is N#CO.Oc1cccc2ccccc12. The minimum atomic E-state index is 0.350. The van der Waals surface area contributed by atoms with Crippen LogP contribution in [0.15, 0.2) is 42.5 Å². The number of nitriles is 1. The van der Waals surface area contributed by atoms with Crippen LogP contribution >= 0.6 is 0 Å². The Morgan fingerprint density at radius 1 is 1.00 bits per heavy atom. The number of phenols is 1. The summed E-state index contributed by atoms with van der Waals surface area (Å²) in [5.74, 6) is 0.350. The number of hydrogen-bond acceptors (Lipinski definition) is 3. The van der Waals surface area contributed by atoms with Gasteiger partial charge in [-0.3, -0.25) is 0 Å². The van der Waals surface area contributed by atoms with Gasteiger partial charge in [0.25, 0.3) is 6.26 Å². The second-order valence-corrected chi connectivity index (χ2v) is 2.60. The van der Waals surface area contributed by atoms with E-state index in [2.05, 4.69) is 0 Å². The van der Waals surface area contributed by atoms with Gasteiger partial charge in [-0.25, -0.2) is 0 Å². The first-order valence-corrected chi connectivity index (χ1v) is 3.99. The number of nitrogens with zero attached hydrogens (tertiary/aromatic N) is 1. The molecule has 14 heavy (non-hydrogen) atoms. The average molecular weight is 187 g/mol. The zero-order valence-electron chi connectivity index (χ0n) is 7.38. The van der Waals surface area contributed by atoms with Crippen LogP contribution < -0.4 is 0 Å². The molecule has 0 saturated carbocycles. The molecule has 0 aliphatic heterocycles. The van der Waals surface area contributed by atoms with Gasteiger partial charge in [0.05, 0.1) is 0 Å². The van der Waals surface area contributed by atoms with Crippen LogP contribution in [0.25, 0.3) is 10.8 Å². The molecule has 0 spiro atoms. The summed E-state index contributed by atoms with van der Waals surface area (Å²) in [5.41, 5.74) is 0. The van der Waals surface area contributed by atoms with Crippen LogP contribution in [-0.4, -0.2) is 10.2 Å². The van der Waals surface area contributed by atoms with Gasteiger partial charge in [0.15, 0.2) is 0 Å². The van der Waals surface area contributed by atoms with Crippen molar-refractivity contribution in [3.63, 3.8) is 0 Å². The number of aliphatic hydroxyl groups is 1. The van der Waals surface area contributed by atoms with Gasteiger partial charge in [0.1, 0.15) is 5.75 Å². The fourth-order valence-electron chi connectivity index (χ4n) is 1.21. The molecular weight excluding hydrogens is 178 g/mol. The summed E-state index contributed by atoms with van der Waals surface area (Å²) in [5, 5.41) is 25.1. The molecule has 3 heteroatoms. The Labute approximate surface area is 81.5 Å². The standard InChI is InChI=1S/C10H8O.CHNO/c11-10-7-3-5-8-4-1-2-6-9(8)10;2-1-3/h1-7,11H;3H. The molecule has 0 fully saturated rings. The Morgan fingerprint density at radius 2 is 1.57 bits per heavy atom. The fourth-order valence-corrected chi connectivity index (χ4v) is 1.21. The molecule has 3 nitrogen and oxygen atoms in total. The van der Waals surface area contributed by atoms with E-state index in [1.165, 1.54) is 0 Å². The largest absolute Gasteiger partial charge is 0.507 e. The maximum Gasteiger partial charge on any atom is 0.283 e. The Bertz CT molecular complexity index is 455. The Hall–Kier alpha value is -2.21. The van der Waals surface area contributed by atoms with Crippen LogP contribution in [0.2, 0.25) is 0 Å². The van der Waals surface area contributed by atoms with Crippen molar-refractivity contribution in [2.24, 2.45) is 0 Å². The van der Waals surface area contributed by atoms with E-state index in [1.54, 1.807) is 6.07 Å². The maximum absolute atomic E-state index is 9.37. The van der Waals surface area contributed by atoms with Gasteiger partial charge in [-0.05, 0) is 11.5 Å². The lowest BCUT2D eigenvalue weighted by Gasteiger charge is -1.97. The van der Waals surface area contributed by atoms with Gasteiger partial charge < -0.3 is 10.2 Å². The molecule has 0 aliphatic rings. The Balaban J connectivity index is 0.000000293. The normalized spacial score (nSPS) is 8.50. The molecule has 0 unspecified atom stereocenters. The summed E-state index contributed by atoms with van der Waals surface area (Å²) >= 11 is 0. The van der Waals surface area contributed by atoms with Crippen molar-refractivity contribution in [3.05, 3.63) is 42.5 Å². The summed E-state index contributed by atoms with van der Waals surface area (Å²) in [6.07, 6.45) is 0.750. The lowest BCUT2D eigenvalue weighted by Crippen LogP contribution is -1.70. The van der Waals surface area contributed by atoms with Crippen molar-refractivity contribution in [2.75, 3.05) is 0 Å². The second-order valence-electron chi connectivity index (χ2n) is 2.60. The summed E-state index contributed by atoms with van der Waals surface area (Å²) in [4.78, 5) is 0. The van der Waals surface area contributed by atoms with E-state index in [1.807, 2.05) is 36.4 Å². The third-order valence-corrected chi connectivity index (χ3v) is 1.77. The van der Waals surface area contributed by atoms with Crippen LogP contribution in [0.3, 0.4) is 0 Å². The molecule has 0 radical (unpaired) electrons. The first-order valence-electron chi connectivity index (χ1n) is 3.99. The summed E-state index contributed by atoms with van der Waals surface area (Å²) < 4.78 is 0. The number of fused-ring (bicyclic) bond motifs is 1. The molecule has 0 aromatic heterocycles. The van der Waals surface area contributed by atoms with Crippen LogP contribution in [0.5, 0.6) is 5.75 Å². The van der Waals surface area contributed by atoms with Crippen molar-refractivity contribution in [3.8, 4) is 12.0 Å². The van der Waals surface area contributed by atoms with Crippen LogP contribution in [0.4, 0.5) is 0 Å². The molecular formula is C11H9NO2. The zero-order valence-corrected chi connectivity index (χ0v) is 7.38. The Kier molecular flexibility index (Phi) is 3.33. The van der Waals surface area contributed by atoms with Crippen molar-refractivity contribution >= 4 is 10.8 Å². The molecule has 2 aromatic rings. The van der Waals surface area contributed by atoms with E-state index in [0.29, 0.717) is 5.75 Å². The van der Waals surface area contributed by atoms with E-state index >= 15 is 0 Å². The minimum Gasteiger partial charge on any atom is -0.507 e. The van der Waals surface area contributed by atoms with Crippen molar-refractivity contribution < 1.29 is 10.2 Å². The molecule has 2 N–H and O–H groups in total. The predicted molar refractivity (Wildman–Crippen MR) is 53.2 cm³/mol. The number of rotatable bonds is 0. The summed E-state index contributed by atoms with van der Waals surface area (Å²) in [6.45, 7) is 0. The van der Waals surface area contributed by atoms with Gasteiger partial charge in [0, 0.05) is 5.39 Å². The molecule has 0 amide bonds. The smallest absolute Gasteiger partial charge is 0.283 e. The predicted octanol–water partition coefficient (Wildman–Crippen LogP) is 2.39. The molecule has 0 heterocycles. The first kappa shape index (κ1) is 9.87. The number of benzene rings is 2. The quantitative estimate of drug-likeness (QED) is 0.622. The van der Waals surface area contributed by atoms with E-state index in [9.17, 15) is 5.11 Å². The maximum atomic E-state index is 9.37. The van der Waals surface area contributed by atoms with Gasteiger partial charge >= 0.3 is 0 Å². The highest BCUT2D eigenvalue weighted by molar-refractivity contribution is 5.87. The van der Waals surface area contributed by atoms with Crippen molar-refractivity contribution in [1.82, 2.24) is 0 Å². The third kappa shape index (κ3) is 2.14. The average Bonchev–Trinajstić information content (AvgIpc) is 2.20. The molecule has 70 valence electrons. The number of aromatic hydroxyl groups is 1. The van der Waals surface area contributed by atoms with Crippen LogP contribution in [0, 0.1) is 11.5 Å². The first-order chi connectivity index (χ1) is 6.79. The minimum absolute atomic E-state index is 0.350. The van der Waals surface area contributed by atoms with Gasteiger partial charge in [-0.1, -0.05) is 36.4 Å². The summed E-state index contributed by atoms with van der Waals surface area (Å²) in [6, 6.07) is 13.3. The van der Waals surface area contributed by atoms with E-state index in [0.717, 1.165) is 17.0 Å². The van der Waals surface area contributed by atoms with Crippen LogP contribution in [-0.2, 0) is 0 Å².